The van der Waals surface area contributed by atoms with E-state index in [1.807, 2.05) is 7.05 Å². The number of nitrogens with two attached hydrogens (primary N) is 1. The number of anilines is 1. The predicted octanol–water partition coefficient (Wildman–Crippen LogP) is 1.32. The van der Waals surface area contributed by atoms with E-state index >= 15 is 0 Å². The molecule has 1 aliphatic heterocycles. The third-order valence-corrected chi connectivity index (χ3v) is 6.42. The molecule has 1 amide bonds. The number of furan rings is 1. The molecule has 146 valence electrons. The largest absolute Gasteiger partial charge is 0.467 e. The van der Waals surface area contributed by atoms with Crippen molar-refractivity contribution < 1.29 is 17.6 Å². The summed E-state index contributed by atoms with van der Waals surface area (Å²) in [4.78, 5) is 14.6. The van der Waals surface area contributed by atoms with Gasteiger partial charge in [0.1, 0.15) is 12.0 Å². The highest BCUT2D eigenvalue weighted by Crippen LogP contribution is 2.21. The molecular weight excluding hydrogens is 368 g/mol. The van der Waals surface area contributed by atoms with Crippen molar-refractivity contribution in [3.8, 4) is 0 Å². The van der Waals surface area contributed by atoms with E-state index in [1.165, 1.54) is 16.6 Å². The number of hydrogen-bond donors (Lipinski definition) is 2. The van der Waals surface area contributed by atoms with Gasteiger partial charge in [-0.1, -0.05) is 6.07 Å². The van der Waals surface area contributed by atoms with Gasteiger partial charge in [0.25, 0.3) is 5.91 Å². The summed E-state index contributed by atoms with van der Waals surface area (Å²) in [5, 5.41) is 2.70. The third-order valence-electron chi connectivity index (χ3n) is 4.53. The fourth-order valence-electron chi connectivity index (χ4n) is 2.96. The molecule has 27 heavy (non-hydrogen) atoms. The standard InChI is InChI=1S/C18H24N4O4S/c1-21-6-3-7-22(9-8-21)27(24,25)17-5-2-4-15(11-17)20-18(23)14-10-16(12-19)26-13-14/h2,4-5,10-11,13H,3,6-9,12,19H2,1H3,(H,20,23). The molecule has 1 aromatic carbocycles. The van der Waals surface area contributed by atoms with Crippen molar-refractivity contribution in [1.82, 2.24) is 9.21 Å². The van der Waals surface area contributed by atoms with Gasteiger partial charge in [-0.25, -0.2) is 8.42 Å². The lowest BCUT2D eigenvalue weighted by molar-refractivity contribution is 0.102. The van der Waals surface area contributed by atoms with Crippen molar-refractivity contribution in [2.24, 2.45) is 5.73 Å². The summed E-state index contributed by atoms with van der Waals surface area (Å²) in [5.74, 6) is 0.118. The first-order chi connectivity index (χ1) is 12.9. The topological polar surface area (TPSA) is 109 Å². The summed E-state index contributed by atoms with van der Waals surface area (Å²) in [7, 11) is -1.63. The Morgan fingerprint density at radius 1 is 1.22 bits per heavy atom. The fourth-order valence-corrected chi connectivity index (χ4v) is 4.47. The van der Waals surface area contributed by atoms with Crippen molar-refractivity contribution in [3.63, 3.8) is 0 Å². The van der Waals surface area contributed by atoms with Gasteiger partial charge in [-0.2, -0.15) is 4.31 Å². The van der Waals surface area contributed by atoms with Gasteiger partial charge in [0.2, 0.25) is 10.0 Å². The van der Waals surface area contributed by atoms with E-state index in [4.69, 9.17) is 10.2 Å². The average molecular weight is 392 g/mol. The lowest BCUT2D eigenvalue weighted by atomic mass is 10.2. The molecule has 0 aliphatic carbocycles. The number of benzene rings is 1. The number of likely N-dealkylation sites (N-methyl/N-ethyl adjacent to an activating group) is 1. The summed E-state index contributed by atoms with van der Waals surface area (Å²) < 4.78 is 32.6. The number of nitrogens with zero attached hydrogens (tertiary/aromatic N) is 2. The molecule has 2 aromatic rings. The number of nitrogens with one attached hydrogen (secondary N) is 1. The van der Waals surface area contributed by atoms with Crippen LogP contribution in [0.3, 0.4) is 0 Å². The Kier molecular flexibility index (Phi) is 5.95. The lowest BCUT2D eigenvalue weighted by Gasteiger charge is -2.20. The first-order valence-electron chi connectivity index (χ1n) is 8.78. The zero-order valence-electron chi connectivity index (χ0n) is 15.2. The van der Waals surface area contributed by atoms with Gasteiger partial charge < -0.3 is 20.4 Å². The Labute approximate surface area is 159 Å². The Morgan fingerprint density at radius 2 is 2.04 bits per heavy atom. The molecule has 1 aliphatic rings. The quantitative estimate of drug-likeness (QED) is 0.794. The zero-order chi connectivity index (χ0) is 19.4. The van der Waals surface area contributed by atoms with Crippen LogP contribution in [0.2, 0.25) is 0 Å². The van der Waals surface area contributed by atoms with Crippen molar-refractivity contribution in [1.29, 1.82) is 0 Å². The Bertz CT molecular complexity index is 910. The maximum atomic E-state index is 13.0. The van der Waals surface area contributed by atoms with Crippen molar-refractivity contribution in [2.75, 3.05) is 38.5 Å². The highest BCUT2D eigenvalue weighted by Gasteiger charge is 2.26. The SMILES string of the molecule is CN1CCCN(S(=O)(=O)c2cccc(NC(=O)c3coc(CN)c3)c2)CC1. The summed E-state index contributed by atoms with van der Waals surface area (Å²) in [6.45, 7) is 2.70. The molecule has 2 heterocycles. The number of carbonyl (C=O) groups is 1. The fraction of sp³-hybridized carbons (Fsp3) is 0.389. The second-order valence-electron chi connectivity index (χ2n) is 6.55. The molecule has 0 unspecified atom stereocenters. The highest BCUT2D eigenvalue weighted by molar-refractivity contribution is 7.89. The van der Waals surface area contributed by atoms with E-state index in [0.29, 0.717) is 36.6 Å². The minimum atomic E-state index is -3.61. The van der Waals surface area contributed by atoms with Gasteiger partial charge in [-0.3, -0.25) is 4.79 Å². The molecule has 0 bridgehead atoms. The van der Waals surface area contributed by atoms with Crippen LogP contribution in [0.15, 0.2) is 45.9 Å². The lowest BCUT2D eigenvalue weighted by Crippen LogP contribution is -2.34. The number of amides is 1. The maximum absolute atomic E-state index is 13.0. The van der Waals surface area contributed by atoms with Gasteiger partial charge >= 0.3 is 0 Å². The number of carbonyl (C=O) groups excluding carboxylic acids is 1. The second-order valence-corrected chi connectivity index (χ2v) is 8.49. The van der Waals surface area contributed by atoms with Crippen molar-refractivity contribution >= 4 is 21.6 Å². The summed E-state index contributed by atoms with van der Waals surface area (Å²) >= 11 is 0. The van der Waals surface area contributed by atoms with Gasteiger partial charge in [-0.15, -0.1) is 0 Å². The van der Waals surface area contributed by atoms with Crippen LogP contribution in [-0.2, 0) is 16.6 Å². The summed E-state index contributed by atoms with van der Waals surface area (Å²) in [6, 6.07) is 7.85. The van der Waals surface area contributed by atoms with Crippen LogP contribution in [0.5, 0.6) is 0 Å². The molecule has 9 heteroatoms. The Balaban J connectivity index is 1.77. The van der Waals surface area contributed by atoms with Crippen LogP contribution in [0.25, 0.3) is 0 Å². The Morgan fingerprint density at radius 3 is 2.78 bits per heavy atom. The van der Waals surface area contributed by atoms with Gasteiger partial charge in [0.15, 0.2) is 0 Å². The van der Waals surface area contributed by atoms with Crippen LogP contribution in [0.1, 0.15) is 22.5 Å². The van der Waals surface area contributed by atoms with Gasteiger partial charge in [-0.05, 0) is 44.3 Å². The number of rotatable bonds is 5. The van der Waals surface area contributed by atoms with Crippen LogP contribution < -0.4 is 11.1 Å². The van der Waals surface area contributed by atoms with E-state index in [9.17, 15) is 13.2 Å². The van der Waals surface area contributed by atoms with Gasteiger partial charge in [0, 0.05) is 25.3 Å². The van der Waals surface area contributed by atoms with E-state index in [2.05, 4.69) is 10.2 Å². The van der Waals surface area contributed by atoms with Crippen molar-refractivity contribution in [2.45, 2.75) is 17.9 Å². The van der Waals surface area contributed by atoms with E-state index in [0.717, 1.165) is 13.0 Å². The first kappa shape index (κ1) is 19.6. The van der Waals surface area contributed by atoms with Crippen LogP contribution in [0, 0.1) is 0 Å². The minimum absolute atomic E-state index is 0.166. The monoisotopic (exact) mass is 392 g/mol. The predicted molar refractivity (Wildman–Crippen MR) is 102 cm³/mol. The molecule has 0 spiro atoms. The molecule has 0 saturated carbocycles. The zero-order valence-corrected chi connectivity index (χ0v) is 16.0. The number of sulfonamides is 1. The normalized spacial score (nSPS) is 16.8. The van der Waals surface area contributed by atoms with Gasteiger partial charge in [0.05, 0.1) is 17.0 Å². The van der Waals surface area contributed by atoms with E-state index < -0.39 is 10.0 Å². The van der Waals surface area contributed by atoms with Crippen LogP contribution in [-0.4, -0.2) is 56.8 Å². The summed E-state index contributed by atoms with van der Waals surface area (Å²) in [6.07, 6.45) is 2.11. The van der Waals surface area contributed by atoms with E-state index in [1.54, 1.807) is 24.3 Å². The molecule has 3 N–H and O–H groups in total. The molecule has 3 rings (SSSR count). The maximum Gasteiger partial charge on any atom is 0.258 e. The van der Waals surface area contributed by atoms with Crippen molar-refractivity contribution in [3.05, 3.63) is 47.9 Å². The smallest absolute Gasteiger partial charge is 0.258 e. The molecule has 8 nitrogen and oxygen atoms in total. The molecule has 1 aromatic heterocycles. The third kappa shape index (κ3) is 4.56. The summed E-state index contributed by atoms with van der Waals surface area (Å²) in [5.41, 5.74) is 6.21. The van der Waals surface area contributed by atoms with Crippen LogP contribution in [0.4, 0.5) is 5.69 Å². The molecular formula is C18H24N4O4S. The average Bonchev–Trinajstić information content (AvgIpc) is 3.03. The highest BCUT2D eigenvalue weighted by atomic mass is 32.2. The minimum Gasteiger partial charge on any atom is -0.467 e. The van der Waals surface area contributed by atoms with Crippen LogP contribution >= 0.6 is 0 Å². The number of hydrogen-bond acceptors (Lipinski definition) is 6. The molecule has 0 radical (unpaired) electrons. The first-order valence-corrected chi connectivity index (χ1v) is 10.2. The second kappa shape index (κ2) is 8.22. The molecule has 1 saturated heterocycles. The molecule has 1 fully saturated rings. The Hall–Kier alpha value is -2.20. The van der Waals surface area contributed by atoms with E-state index in [-0.39, 0.29) is 17.3 Å². The molecule has 0 atom stereocenters.